The van der Waals surface area contributed by atoms with Gasteiger partial charge in [0.15, 0.2) is 18.2 Å². The molecule has 5 nitrogen and oxygen atoms in total. The van der Waals surface area contributed by atoms with E-state index in [9.17, 15) is 14.0 Å². The lowest BCUT2D eigenvalue weighted by molar-refractivity contribution is -0.143. The van der Waals surface area contributed by atoms with E-state index in [1.807, 2.05) is 38.1 Å². The number of nitrogens with zero attached hydrogens (tertiary/aromatic N) is 1. The summed E-state index contributed by atoms with van der Waals surface area (Å²) >= 11 is 0. The van der Waals surface area contributed by atoms with Gasteiger partial charge in [-0.05, 0) is 43.9 Å². The molecule has 166 valence electrons. The number of amides is 2. The Morgan fingerprint density at radius 1 is 1.13 bits per heavy atom. The Labute approximate surface area is 183 Å². The maximum absolute atomic E-state index is 13.9. The number of carbonyl (C=O) groups is 2. The second-order valence-corrected chi connectivity index (χ2v) is 8.14. The van der Waals surface area contributed by atoms with Crippen LogP contribution in [0.4, 0.5) is 4.39 Å². The summed E-state index contributed by atoms with van der Waals surface area (Å²) in [5.41, 5.74) is 2.05. The molecular formula is C25H31FN2O3. The van der Waals surface area contributed by atoms with Crippen LogP contribution in [0, 0.1) is 12.7 Å². The minimum Gasteiger partial charge on any atom is -0.481 e. The molecule has 2 aromatic rings. The summed E-state index contributed by atoms with van der Waals surface area (Å²) < 4.78 is 19.3. The van der Waals surface area contributed by atoms with Crippen LogP contribution in [0.3, 0.4) is 0 Å². The fourth-order valence-electron chi connectivity index (χ4n) is 3.96. The first-order valence-corrected chi connectivity index (χ1v) is 11.0. The van der Waals surface area contributed by atoms with Gasteiger partial charge in [-0.25, -0.2) is 4.39 Å². The van der Waals surface area contributed by atoms with Crippen molar-refractivity contribution in [1.82, 2.24) is 10.2 Å². The summed E-state index contributed by atoms with van der Waals surface area (Å²) in [6.45, 7) is 3.85. The van der Waals surface area contributed by atoms with Gasteiger partial charge in [0.05, 0.1) is 0 Å². The molecule has 1 aliphatic carbocycles. The Bertz CT molecular complexity index is 879. The molecule has 1 aliphatic rings. The van der Waals surface area contributed by atoms with Gasteiger partial charge in [0.1, 0.15) is 6.04 Å². The van der Waals surface area contributed by atoms with Gasteiger partial charge in [-0.3, -0.25) is 9.59 Å². The standard InChI is InChI=1S/C25H31FN2O3/c1-3-22(25(30)27-20-8-4-5-9-20)28(16-19-14-12-18(2)13-15-19)24(29)17-31-23-11-7-6-10-21(23)26/h6-7,10-15,20,22H,3-5,8-9,16-17H2,1-2H3,(H,27,30). The van der Waals surface area contributed by atoms with Crippen molar-refractivity contribution >= 4 is 11.8 Å². The van der Waals surface area contributed by atoms with E-state index < -0.39 is 11.9 Å². The van der Waals surface area contributed by atoms with Crippen molar-refractivity contribution in [3.63, 3.8) is 0 Å². The lowest BCUT2D eigenvalue weighted by atomic mass is 10.1. The molecule has 0 aromatic heterocycles. The highest BCUT2D eigenvalue weighted by Crippen LogP contribution is 2.20. The van der Waals surface area contributed by atoms with Gasteiger partial charge in [0.2, 0.25) is 5.91 Å². The number of aryl methyl sites for hydroxylation is 1. The predicted octanol–water partition coefficient (Wildman–Crippen LogP) is 4.38. The minimum absolute atomic E-state index is 0.0228. The number of benzene rings is 2. The molecule has 0 bridgehead atoms. The van der Waals surface area contributed by atoms with Gasteiger partial charge in [0.25, 0.3) is 5.91 Å². The maximum atomic E-state index is 13.9. The Morgan fingerprint density at radius 3 is 2.45 bits per heavy atom. The SMILES string of the molecule is CCC(C(=O)NC1CCCC1)N(Cc1ccc(C)cc1)C(=O)COc1ccccc1F. The summed E-state index contributed by atoms with van der Waals surface area (Å²) in [5, 5.41) is 3.11. The van der Waals surface area contributed by atoms with Crippen molar-refractivity contribution in [2.24, 2.45) is 0 Å². The van der Waals surface area contributed by atoms with Crippen LogP contribution in [0.1, 0.15) is 50.2 Å². The summed E-state index contributed by atoms with van der Waals surface area (Å²) in [5.74, 6) is -0.987. The number of halogens is 1. The van der Waals surface area contributed by atoms with Crippen molar-refractivity contribution in [2.75, 3.05) is 6.61 Å². The van der Waals surface area contributed by atoms with E-state index in [1.165, 1.54) is 12.1 Å². The van der Waals surface area contributed by atoms with Gasteiger partial charge < -0.3 is 15.0 Å². The van der Waals surface area contributed by atoms with Crippen LogP contribution in [0.15, 0.2) is 48.5 Å². The van der Waals surface area contributed by atoms with E-state index in [2.05, 4.69) is 5.32 Å². The molecule has 3 rings (SSSR count). The van der Waals surface area contributed by atoms with E-state index in [4.69, 9.17) is 4.74 Å². The highest BCUT2D eigenvalue weighted by Gasteiger charge is 2.31. The average molecular weight is 427 g/mol. The molecule has 1 atom stereocenters. The lowest BCUT2D eigenvalue weighted by Crippen LogP contribution is -2.52. The molecule has 0 saturated heterocycles. The fraction of sp³-hybridized carbons (Fsp3) is 0.440. The van der Waals surface area contributed by atoms with Crippen LogP contribution >= 0.6 is 0 Å². The van der Waals surface area contributed by atoms with Crippen LogP contribution < -0.4 is 10.1 Å². The van der Waals surface area contributed by atoms with Crippen molar-refractivity contribution in [1.29, 1.82) is 0 Å². The molecule has 2 amide bonds. The smallest absolute Gasteiger partial charge is 0.261 e. The molecule has 1 fully saturated rings. The second kappa shape index (κ2) is 10.9. The molecule has 0 heterocycles. The van der Waals surface area contributed by atoms with Crippen molar-refractivity contribution in [3.8, 4) is 5.75 Å². The van der Waals surface area contributed by atoms with E-state index in [1.54, 1.807) is 17.0 Å². The average Bonchev–Trinajstić information content (AvgIpc) is 3.27. The van der Waals surface area contributed by atoms with Crippen LogP contribution in [0.5, 0.6) is 5.75 Å². The first-order chi connectivity index (χ1) is 15.0. The Morgan fingerprint density at radius 2 is 1.81 bits per heavy atom. The van der Waals surface area contributed by atoms with E-state index in [0.29, 0.717) is 6.42 Å². The number of para-hydroxylation sites is 1. The number of hydrogen-bond donors (Lipinski definition) is 1. The Balaban J connectivity index is 1.76. The Kier molecular flexibility index (Phi) is 8.04. The van der Waals surface area contributed by atoms with Crippen LogP contribution in [-0.2, 0) is 16.1 Å². The summed E-state index contributed by atoms with van der Waals surface area (Å²) in [7, 11) is 0. The van der Waals surface area contributed by atoms with E-state index in [-0.39, 0.29) is 36.8 Å². The summed E-state index contributed by atoms with van der Waals surface area (Å²) in [6.07, 6.45) is 4.67. The molecule has 31 heavy (non-hydrogen) atoms. The first-order valence-electron chi connectivity index (χ1n) is 11.0. The first kappa shape index (κ1) is 22.8. The normalized spacial score (nSPS) is 14.8. The molecule has 2 aromatic carbocycles. The maximum Gasteiger partial charge on any atom is 0.261 e. The highest BCUT2D eigenvalue weighted by molar-refractivity contribution is 5.88. The minimum atomic E-state index is -0.612. The summed E-state index contributed by atoms with van der Waals surface area (Å²) in [6, 6.07) is 13.4. The molecular weight excluding hydrogens is 395 g/mol. The number of carbonyl (C=O) groups excluding carboxylic acids is 2. The third-order valence-corrected chi connectivity index (χ3v) is 5.75. The summed E-state index contributed by atoms with van der Waals surface area (Å²) in [4.78, 5) is 27.7. The van der Waals surface area contributed by atoms with Crippen LogP contribution in [0.25, 0.3) is 0 Å². The quantitative estimate of drug-likeness (QED) is 0.647. The van der Waals surface area contributed by atoms with Gasteiger partial charge in [-0.1, -0.05) is 61.7 Å². The largest absolute Gasteiger partial charge is 0.481 e. The molecule has 0 spiro atoms. The zero-order chi connectivity index (χ0) is 22.2. The second-order valence-electron chi connectivity index (χ2n) is 8.14. The zero-order valence-electron chi connectivity index (χ0n) is 18.3. The van der Waals surface area contributed by atoms with Crippen LogP contribution in [0.2, 0.25) is 0 Å². The monoisotopic (exact) mass is 426 g/mol. The van der Waals surface area contributed by atoms with Gasteiger partial charge in [0, 0.05) is 12.6 Å². The fourth-order valence-corrected chi connectivity index (χ4v) is 3.96. The third-order valence-electron chi connectivity index (χ3n) is 5.75. The van der Waals surface area contributed by atoms with Gasteiger partial charge in [-0.15, -0.1) is 0 Å². The van der Waals surface area contributed by atoms with Crippen molar-refractivity contribution in [3.05, 3.63) is 65.5 Å². The third kappa shape index (κ3) is 6.29. The Hall–Kier alpha value is -2.89. The highest BCUT2D eigenvalue weighted by atomic mass is 19.1. The molecule has 1 unspecified atom stereocenters. The van der Waals surface area contributed by atoms with E-state index >= 15 is 0 Å². The van der Waals surface area contributed by atoms with Crippen molar-refractivity contribution < 1.29 is 18.7 Å². The molecule has 0 aliphatic heterocycles. The number of hydrogen-bond acceptors (Lipinski definition) is 3. The molecule has 1 N–H and O–H groups in total. The van der Waals surface area contributed by atoms with Crippen LogP contribution in [-0.4, -0.2) is 35.4 Å². The number of nitrogens with one attached hydrogen (secondary N) is 1. The predicted molar refractivity (Wildman–Crippen MR) is 118 cm³/mol. The van der Waals surface area contributed by atoms with E-state index in [0.717, 1.165) is 36.8 Å². The number of rotatable bonds is 9. The molecule has 1 saturated carbocycles. The van der Waals surface area contributed by atoms with Gasteiger partial charge in [-0.2, -0.15) is 0 Å². The van der Waals surface area contributed by atoms with Crippen molar-refractivity contribution in [2.45, 2.75) is 64.6 Å². The lowest BCUT2D eigenvalue weighted by Gasteiger charge is -2.31. The topological polar surface area (TPSA) is 58.6 Å². The molecule has 0 radical (unpaired) electrons. The molecule has 6 heteroatoms. The zero-order valence-corrected chi connectivity index (χ0v) is 18.3. The number of ether oxygens (including phenoxy) is 1. The van der Waals surface area contributed by atoms with Gasteiger partial charge >= 0.3 is 0 Å².